The summed E-state index contributed by atoms with van der Waals surface area (Å²) in [6.07, 6.45) is 0.997. The number of fused-ring (bicyclic) bond motifs is 1. The van der Waals surface area contributed by atoms with Gasteiger partial charge in [-0.2, -0.15) is 5.26 Å². The minimum Gasteiger partial charge on any atom is -0.306 e. The zero-order valence-electron chi connectivity index (χ0n) is 11.5. The minimum absolute atomic E-state index is 0.179. The molecule has 0 aliphatic carbocycles. The maximum absolute atomic E-state index is 13.4. The van der Waals surface area contributed by atoms with Crippen molar-refractivity contribution in [3.8, 4) is 6.07 Å². The summed E-state index contributed by atoms with van der Waals surface area (Å²) >= 11 is 1.79. The van der Waals surface area contributed by atoms with E-state index in [1.54, 1.807) is 17.8 Å². The van der Waals surface area contributed by atoms with Crippen LogP contribution in [0.3, 0.4) is 0 Å². The van der Waals surface area contributed by atoms with Crippen LogP contribution in [0.15, 0.2) is 47.4 Å². The van der Waals surface area contributed by atoms with Crippen LogP contribution >= 0.6 is 11.8 Å². The molecular weight excluding hydrogens is 283 g/mol. The fourth-order valence-electron chi connectivity index (χ4n) is 2.52. The molecule has 2 aromatic rings. The second-order valence-electron chi connectivity index (χ2n) is 5.06. The maximum Gasteiger partial charge on any atom is 0.123 e. The molecule has 0 fully saturated rings. The largest absolute Gasteiger partial charge is 0.306 e. The van der Waals surface area contributed by atoms with Gasteiger partial charge in [-0.15, -0.1) is 11.8 Å². The van der Waals surface area contributed by atoms with Crippen molar-refractivity contribution in [2.75, 3.05) is 5.75 Å². The number of nitriles is 1. The summed E-state index contributed by atoms with van der Waals surface area (Å²) in [6, 6.07) is 14.9. The van der Waals surface area contributed by atoms with Crippen LogP contribution in [0.4, 0.5) is 4.39 Å². The Morgan fingerprint density at radius 2 is 2.05 bits per heavy atom. The first-order valence-corrected chi connectivity index (χ1v) is 7.89. The number of halogens is 1. The monoisotopic (exact) mass is 298 g/mol. The molecule has 1 aliphatic rings. The smallest absolute Gasteiger partial charge is 0.123 e. The maximum atomic E-state index is 13.4. The molecule has 0 radical (unpaired) electrons. The average molecular weight is 298 g/mol. The molecule has 0 amide bonds. The number of hydrogen-bond donors (Lipinski definition) is 1. The van der Waals surface area contributed by atoms with E-state index in [-0.39, 0.29) is 11.9 Å². The molecule has 2 aromatic carbocycles. The molecule has 1 unspecified atom stereocenters. The predicted octanol–water partition coefficient (Wildman–Crippen LogP) is 4.02. The van der Waals surface area contributed by atoms with Crippen LogP contribution in [0.2, 0.25) is 0 Å². The van der Waals surface area contributed by atoms with Crippen LogP contribution in [0.25, 0.3) is 0 Å². The molecule has 0 saturated carbocycles. The lowest BCUT2D eigenvalue weighted by Gasteiger charge is -2.26. The Hall–Kier alpha value is -1.83. The van der Waals surface area contributed by atoms with Gasteiger partial charge in [0.05, 0.1) is 11.6 Å². The van der Waals surface area contributed by atoms with Gasteiger partial charge < -0.3 is 5.32 Å². The number of rotatable bonds is 3. The summed E-state index contributed by atoms with van der Waals surface area (Å²) in [5.74, 6) is 0.866. The van der Waals surface area contributed by atoms with Crippen molar-refractivity contribution >= 4 is 11.8 Å². The molecule has 21 heavy (non-hydrogen) atoms. The van der Waals surface area contributed by atoms with Gasteiger partial charge in [-0.25, -0.2) is 4.39 Å². The number of nitrogens with one attached hydrogen (secondary N) is 1. The normalized spacial score (nSPS) is 17.0. The second-order valence-corrected chi connectivity index (χ2v) is 6.20. The van der Waals surface area contributed by atoms with Crippen molar-refractivity contribution in [2.45, 2.75) is 23.9 Å². The van der Waals surface area contributed by atoms with Gasteiger partial charge in [0.25, 0.3) is 0 Å². The molecule has 1 aliphatic heterocycles. The lowest BCUT2D eigenvalue weighted by Crippen LogP contribution is -2.24. The van der Waals surface area contributed by atoms with Gasteiger partial charge in [0.1, 0.15) is 5.82 Å². The first kappa shape index (κ1) is 14.1. The van der Waals surface area contributed by atoms with Gasteiger partial charge in [-0.1, -0.05) is 12.1 Å². The highest BCUT2D eigenvalue weighted by atomic mass is 32.2. The third kappa shape index (κ3) is 3.26. The fraction of sp³-hybridized carbons (Fsp3) is 0.235. The molecule has 4 heteroatoms. The van der Waals surface area contributed by atoms with E-state index in [4.69, 9.17) is 5.26 Å². The fourth-order valence-corrected chi connectivity index (χ4v) is 3.62. The highest BCUT2D eigenvalue weighted by molar-refractivity contribution is 7.99. The summed E-state index contributed by atoms with van der Waals surface area (Å²) in [6.45, 7) is 0.719. The van der Waals surface area contributed by atoms with Crippen LogP contribution < -0.4 is 5.32 Å². The SMILES string of the molecule is N#Cc1ccc(CNC2CCSc3ccc(F)cc32)cc1. The van der Waals surface area contributed by atoms with Crippen molar-refractivity contribution in [1.29, 1.82) is 5.26 Å². The van der Waals surface area contributed by atoms with Crippen molar-refractivity contribution < 1.29 is 4.39 Å². The molecule has 1 atom stereocenters. The lowest BCUT2D eigenvalue weighted by atomic mass is 10.0. The van der Waals surface area contributed by atoms with Crippen LogP contribution in [-0.2, 0) is 6.54 Å². The molecule has 2 nitrogen and oxygen atoms in total. The Balaban J connectivity index is 1.71. The summed E-state index contributed by atoms with van der Waals surface area (Å²) in [5.41, 5.74) is 2.85. The summed E-state index contributed by atoms with van der Waals surface area (Å²) in [4.78, 5) is 1.17. The molecule has 106 valence electrons. The van der Waals surface area contributed by atoms with E-state index in [2.05, 4.69) is 11.4 Å². The Kier molecular flexibility index (Phi) is 4.23. The van der Waals surface area contributed by atoms with E-state index in [0.29, 0.717) is 5.56 Å². The minimum atomic E-state index is -0.179. The van der Waals surface area contributed by atoms with Crippen LogP contribution in [0, 0.1) is 17.1 Å². The van der Waals surface area contributed by atoms with E-state index in [1.807, 2.05) is 30.3 Å². The number of nitrogens with zero attached hydrogens (tertiary/aromatic N) is 1. The molecule has 0 saturated heterocycles. The predicted molar refractivity (Wildman–Crippen MR) is 82.5 cm³/mol. The zero-order valence-corrected chi connectivity index (χ0v) is 12.3. The third-order valence-electron chi connectivity index (χ3n) is 3.65. The Morgan fingerprint density at radius 1 is 1.24 bits per heavy atom. The van der Waals surface area contributed by atoms with Crippen LogP contribution in [-0.4, -0.2) is 5.75 Å². The Bertz CT molecular complexity index is 676. The molecular formula is C17H15FN2S. The molecule has 3 rings (SSSR count). The van der Waals surface area contributed by atoms with Gasteiger partial charge in [0.2, 0.25) is 0 Å². The Morgan fingerprint density at radius 3 is 2.81 bits per heavy atom. The molecule has 0 aromatic heterocycles. The van der Waals surface area contributed by atoms with Gasteiger partial charge in [-0.3, -0.25) is 0 Å². The van der Waals surface area contributed by atoms with Crippen molar-refractivity contribution in [3.63, 3.8) is 0 Å². The van der Waals surface area contributed by atoms with E-state index in [9.17, 15) is 4.39 Å². The molecule has 1 N–H and O–H groups in total. The highest BCUT2D eigenvalue weighted by Gasteiger charge is 2.20. The van der Waals surface area contributed by atoms with Crippen LogP contribution in [0.5, 0.6) is 0 Å². The van der Waals surface area contributed by atoms with Crippen molar-refractivity contribution in [1.82, 2.24) is 5.32 Å². The molecule has 0 bridgehead atoms. The van der Waals surface area contributed by atoms with Crippen molar-refractivity contribution in [3.05, 3.63) is 65.0 Å². The van der Waals surface area contributed by atoms with Gasteiger partial charge >= 0.3 is 0 Å². The van der Waals surface area contributed by atoms with Crippen LogP contribution in [0.1, 0.15) is 29.2 Å². The first-order chi connectivity index (χ1) is 10.3. The van der Waals surface area contributed by atoms with E-state index >= 15 is 0 Å². The average Bonchev–Trinajstić information content (AvgIpc) is 2.53. The Labute approximate surface area is 128 Å². The van der Waals surface area contributed by atoms with Gasteiger partial charge in [-0.05, 0) is 53.6 Å². The molecule has 1 heterocycles. The zero-order chi connectivity index (χ0) is 14.7. The summed E-state index contributed by atoms with van der Waals surface area (Å²) in [7, 11) is 0. The lowest BCUT2D eigenvalue weighted by molar-refractivity contribution is 0.504. The number of hydrogen-bond acceptors (Lipinski definition) is 3. The first-order valence-electron chi connectivity index (χ1n) is 6.91. The van der Waals surface area contributed by atoms with Gasteiger partial charge in [0.15, 0.2) is 0 Å². The third-order valence-corrected chi connectivity index (χ3v) is 4.77. The quantitative estimate of drug-likeness (QED) is 0.929. The van der Waals surface area contributed by atoms with E-state index in [1.165, 1.54) is 11.0 Å². The van der Waals surface area contributed by atoms with E-state index in [0.717, 1.165) is 29.8 Å². The molecule has 0 spiro atoms. The number of thioether (sulfide) groups is 1. The topological polar surface area (TPSA) is 35.8 Å². The summed E-state index contributed by atoms with van der Waals surface area (Å²) < 4.78 is 13.4. The standard InChI is InChI=1S/C17H15FN2S/c18-14-5-6-17-15(9-14)16(7-8-21-17)20-11-13-3-1-12(10-19)2-4-13/h1-6,9,16,20H,7-8,11H2. The van der Waals surface area contributed by atoms with Crippen molar-refractivity contribution in [2.24, 2.45) is 0 Å². The highest BCUT2D eigenvalue weighted by Crippen LogP contribution is 2.36. The van der Waals surface area contributed by atoms with E-state index < -0.39 is 0 Å². The van der Waals surface area contributed by atoms with Gasteiger partial charge in [0, 0.05) is 17.5 Å². The number of benzene rings is 2. The summed E-state index contributed by atoms with van der Waals surface area (Å²) in [5, 5.41) is 12.3. The second kappa shape index (κ2) is 6.30.